The van der Waals surface area contributed by atoms with Gasteiger partial charge in [-0.25, -0.2) is 8.78 Å². The van der Waals surface area contributed by atoms with Crippen LogP contribution in [-0.2, 0) is 0 Å². The second kappa shape index (κ2) is 9.63. The van der Waals surface area contributed by atoms with Gasteiger partial charge in [0, 0.05) is 46.8 Å². The average Bonchev–Trinajstić information content (AvgIpc) is 3.62. The van der Waals surface area contributed by atoms with E-state index in [1.54, 1.807) is 0 Å². The Bertz CT molecular complexity index is 1880. The maximum absolute atomic E-state index is 15.1. The number of phenols is 1. The molecule has 5 heterocycles. The van der Waals surface area contributed by atoms with E-state index in [9.17, 15) is 14.3 Å². The Morgan fingerprint density at radius 2 is 2.02 bits per heavy atom. The molecule has 10 nitrogen and oxygen atoms in total. The van der Waals surface area contributed by atoms with Crippen LogP contribution in [0.5, 0.6) is 11.8 Å². The Hall–Kier alpha value is -3.90. The fraction of sp³-hybridized carbons (Fsp3) is 0.429. The van der Waals surface area contributed by atoms with Gasteiger partial charge in [-0.05, 0) is 56.7 Å². The molecule has 7 rings (SSSR count). The molecule has 2 aromatic heterocycles. The lowest BCUT2D eigenvalue weighted by Crippen LogP contribution is -2.51. The van der Waals surface area contributed by atoms with Crippen molar-refractivity contribution >= 4 is 27.5 Å². The molecule has 0 unspecified atom stereocenters. The molecule has 0 spiro atoms. The van der Waals surface area contributed by atoms with Gasteiger partial charge in [0.1, 0.15) is 23.6 Å². The number of likely N-dealkylation sites (tertiary alicyclic amines) is 1. The zero-order valence-corrected chi connectivity index (χ0v) is 21.3. The lowest BCUT2D eigenvalue weighted by atomic mass is 10.1. The summed E-state index contributed by atoms with van der Waals surface area (Å²) in [6.45, 7) is -3.87. The van der Waals surface area contributed by atoms with Crippen molar-refractivity contribution in [3.63, 3.8) is 0 Å². The van der Waals surface area contributed by atoms with Crippen LogP contribution in [0.3, 0.4) is 0 Å². The summed E-state index contributed by atoms with van der Waals surface area (Å²) in [4.78, 5) is 25.9. The molecule has 2 aromatic carbocycles. The number of nitrogens with zero attached hydrogens (tertiary/aromatic N) is 6. The highest BCUT2D eigenvalue weighted by molar-refractivity contribution is 5.93. The largest absolute Gasteiger partial charge is 0.508 e. The van der Waals surface area contributed by atoms with Crippen LogP contribution in [0.4, 0.5) is 14.6 Å². The summed E-state index contributed by atoms with van der Waals surface area (Å²) in [5.74, 6) is -2.43. The Balaban J connectivity index is 1.39. The van der Waals surface area contributed by atoms with Crippen molar-refractivity contribution in [2.45, 2.75) is 43.8 Å². The molecule has 40 heavy (non-hydrogen) atoms. The molecule has 3 saturated heterocycles. The van der Waals surface area contributed by atoms with E-state index in [2.05, 4.69) is 20.4 Å². The van der Waals surface area contributed by atoms with E-state index in [1.165, 1.54) is 18.3 Å². The van der Waals surface area contributed by atoms with Gasteiger partial charge in [0.05, 0.1) is 20.0 Å². The summed E-state index contributed by atoms with van der Waals surface area (Å²) in [5.41, 5.74) is -1.34. The van der Waals surface area contributed by atoms with E-state index in [0.717, 1.165) is 34.6 Å². The molecule has 2 bridgehead atoms. The summed E-state index contributed by atoms with van der Waals surface area (Å²) in [5, 5.41) is 18.2. The number of anilines is 1. The van der Waals surface area contributed by atoms with E-state index >= 15 is 4.39 Å². The SMILES string of the molecule is [2H]C([2H])(Oc1nc(N2C[C@H]3CC[C@@H](C2)N3)c2cnn(-c3cc(O)cc4ccc(F)c(F)c34)c(=O)c2n1)[C@@H]1CCCN1C([2H])([2H])[2H]. The maximum atomic E-state index is 15.1. The maximum Gasteiger partial charge on any atom is 0.319 e. The second-order valence-corrected chi connectivity index (χ2v) is 10.5. The lowest BCUT2D eigenvalue weighted by molar-refractivity contribution is 0.188. The predicted molar refractivity (Wildman–Crippen MR) is 145 cm³/mol. The smallest absolute Gasteiger partial charge is 0.319 e. The summed E-state index contributed by atoms with van der Waals surface area (Å²) in [7, 11) is 0. The number of likely N-dealkylation sites (N-methyl/N-ethyl adjacent to an activating group) is 1. The van der Waals surface area contributed by atoms with Gasteiger partial charge in [-0.2, -0.15) is 19.7 Å². The van der Waals surface area contributed by atoms with E-state index in [1.807, 2.05) is 4.90 Å². The number of ether oxygens (including phenoxy) is 1. The molecule has 12 heteroatoms. The zero-order valence-electron chi connectivity index (χ0n) is 26.3. The molecule has 0 saturated carbocycles. The first-order valence-corrected chi connectivity index (χ1v) is 13.2. The molecule has 3 atom stereocenters. The van der Waals surface area contributed by atoms with Crippen LogP contribution in [0.2, 0.25) is 0 Å². The first-order chi connectivity index (χ1) is 21.3. The standard InChI is InChI=1S/C28H29F2N7O3/c1-35-8-2-3-18(35)14-40-28-33-25-20(26(34-28)36-12-16-5-6-17(13-36)32-16)11-31-37(27(25)39)22-10-19(38)9-15-4-7-21(29)24(30)23(15)22/h4,7,9-11,16-18,32,38H,2-3,5-6,8,12-14H2,1H3/t16-,17+,18-/m0/s1/i1D3,14D2. The monoisotopic (exact) mass is 554 g/mol. The van der Waals surface area contributed by atoms with Gasteiger partial charge in [-0.1, -0.05) is 6.07 Å². The molecule has 4 aromatic rings. The third-order valence-corrected chi connectivity index (χ3v) is 7.86. The molecule has 208 valence electrons. The molecule has 3 fully saturated rings. The quantitative estimate of drug-likeness (QED) is 0.385. The van der Waals surface area contributed by atoms with Crippen molar-refractivity contribution in [1.82, 2.24) is 30.0 Å². The number of aromatic hydroxyl groups is 1. The number of phenolic OH excluding ortho intramolecular Hbond substituents is 1. The van der Waals surface area contributed by atoms with Gasteiger partial charge in [-0.15, -0.1) is 0 Å². The first-order valence-electron chi connectivity index (χ1n) is 15.7. The van der Waals surface area contributed by atoms with Crippen LogP contribution in [0, 0.1) is 11.6 Å². The molecule has 0 aliphatic carbocycles. The van der Waals surface area contributed by atoms with Gasteiger partial charge >= 0.3 is 6.01 Å². The van der Waals surface area contributed by atoms with Gasteiger partial charge in [0.2, 0.25) is 0 Å². The van der Waals surface area contributed by atoms with E-state index in [4.69, 9.17) is 11.6 Å². The number of hydrogen-bond acceptors (Lipinski definition) is 9. The topological polar surface area (TPSA) is 109 Å². The molecule has 3 aliphatic heterocycles. The first kappa shape index (κ1) is 20.0. The van der Waals surface area contributed by atoms with Gasteiger partial charge < -0.3 is 25.0 Å². The minimum atomic E-state index is -2.55. The highest BCUT2D eigenvalue weighted by Gasteiger charge is 2.34. The number of piperazine rings is 1. The van der Waals surface area contributed by atoms with Crippen LogP contribution in [0.25, 0.3) is 27.4 Å². The average molecular weight is 555 g/mol. The molecule has 0 amide bonds. The van der Waals surface area contributed by atoms with Gasteiger partial charge in [0.25, 0.3) is 5.56 Å². The van der Waals surface area contributed by atoms with Crippen molar-refractivity contribution in [2.24, 2.45) is 0 Å². The highest BCUT2D eigenvalue weighted by Crippen LogP contribution is 2.32. The third-order valence-electron chi connectivity index (χ3n) is 7.86. The van der Waals surface area contributed by atoms with E-state index < -0.39 is 42.8 Å². The summed E-state index contributed by atoms with van der Waals surface area (Å²) in [6, 6.07) is 3.20. The predicted octanol–water partition coefficient (Wildman–Crippen LogP) is 2.73. The number of hydrogen-bond donors (Lipinski definition) is 2. The van der Waals surface area contributed by atoms with E-state index in [0.29, 0.717) is 19.5 Å². The zero-order chi connectivity index (χ0) is 31.8. The van der Waals surface area contributed by atoms with E-state index in [-0.39, 0.29) is 64.0 Å². The fourth-order valence-corrected chi connectivity index (χ4v) is 5.95. The van der Waals surface area contributed by atoms with Crippen LogP contribution in [0.15, 0.2) is 35.3 Å². The van der Waals surface area contributed by atoms with Gasteiger partial charge in [-0.3, -0.25) is 4.79 Å². The van der Waals surface area contributed by atoms with Crippen LogP contribution in [-0.4, -0.2) is 81.0 Å². The number of halogens is 2. The number of aromatic nitrogens is 4. The summed E-state index contributed by atoms with van der Waals surface area (Å²) in [6.07, 6.45) is 3.87. The number of fused-ring (bicyclic) bond motifs is 4. The number of rotatable bonds is 5. The highest BCUT2D eigenvalue weighted by atomic mass is 19.2. The summed E-state index contributed by atoms with van der Waals surface area (Å²) < 4.78 is 76.8. The minimum absolute atomic E-state index is 0.130. The summed E-state index contributed by atoms with van der Waals surface area (Å²) >= 11 is 0. The van der Waals surface area contributed by atoms with Crippen molar-refractivity contribution in [2.75, 3.05) is 38.1 Å². The molecule has 3 aliphatic rings. The van der Waals surface area contributed by atoms with Gasteiger partial charge in [0.15, 0.2) is 11.6 Å². The van der Waals surface area contributed by atoms with Crippen molar-refractivity contribution in [1.29, 1.82) is 0 Å². The second-order valence-electron chi connectivity index (χ2n) is 10.5. The Kier molecular flexibility index (Phi) is 4.83. The lowest BCUT2D eigenvalue weighted by Gasteiger charge is -2.34. The fourth-order valence-electron chi connectivity index (χ4n) is 5.95. The minimum Gasteiger partial charge on any atom is -0.508 e. The Morgan fingerprint density at radius 1 is 1.20 bits per heavy atom. The van der Waals surface area contributed by atoms with Crippen LogP contribution < -0.4 is 20.5 Å². The molecule has 2 N–H and O–H groups in total. The molecule has 0 radical (unpaired) electrons. The number of benzene rings is 2. The van der Waals surface area contributed by atoms with Crippen LogP contribution in [0.1, 0.15) is 32.5 Å². The Labute approximate surface area is 235 Å². The van der Waals surface area contributed by atoms with Crippen molar-refractivity contribution < 1.29 is 25.5 Å². The Morgan fingerprint density at radius 3 is 2.83 bits per heavy atom. The van der Waals surface area contributed by atoms with Crippen LogP contribution >= 0.6 is 0 Å². The normalized spacial score (nSPS) is 25.5. The van der Waals surface area contributed by atoms with Crippen molar-refractivity contribution in [3.05, 3.63) is 52.5 Å². The molecular weight excluding hydrogens is 520 g/mol. The molecular formula is C28H29F2N7O3. The van der Waals surface area contributed by atoms with Crippen molar-refractivity contribution in [3.8, 4) is 17.4 Å². The number of nitrogens with one attached hydrogen (secondary N) is 1. The third kappa shape index (κ3) is 4.22.